The quantitative estimate of drug-likeness (QED) is 0.343. The molecule has 9 nitrogen and oxygen atoms in total. The molecule has 0 spiro atoms. The molecule has 216 valence electrons. The van der Waals surface area contributed by atoms with Crippen LogP contribution in [-0.2, 0) is 32.0 Å². The molecule has 1 aliphatic carbocycles. The summed E-state index contributed by atoms with van der Waals surface area (Å²) in [5.74, 6) is -3.28. The largest absolute Gasteiger partial charge is 0.506 e. The monoisotopic (exact) mass is 646 g/mol. The van der Waals surface area contributed by atoms with Crippen LogP contribution in [0.15, 0.2) is 36.4 Å². The number of Topliss-reactive ketones (excluding diaryl/α,β-unsaturated/α-hetero) is 1. The van der Waals surface area contributed by atoms with Crippen molar-refractivity contribution in [1.29, 1.82) is 0 Å². The van der Waals surface area contributed by atoms with Gasteiger partial charge in [0, 0.05) is 35.4 Å². The van der Waals surface area contributed by atoms with Crippen molar-refractivity contribution < 1.29 is 43.4 Å². The molecule has 0 aromatic heterocycles. The highest BCUT2D eigenvalue weighted by molar-refractivity contribution is 9.09. The van der Waals surface area contributed by atoms with E-state index in [2.05, 4.69) is 15.9 Å². The van der Waals surface area contributed by atoms with Gasteiger partial charge in [-0.2, -0.15) is 0 Å². The highest BCUT2D eigenvalue weighted by Crippen LogP contribution is 2.67. The smallest absolute Gasteiger partial charge is 0.275 e. The van der Waals surface area contributed by atoms with E-state index in [9.17, 15) is 15.0 Å². The minimum Gasteiger partial charge on any atom is -0.506 e. The molecule has 0 amide bonds. The number of phenols is 1. The molecular formula is C30H28BrClO9. The lowest BCUT2D eigenvalue weighted by Crippen LogP contribution is -2.74. The van der Waals surface area contributed by atoms with Crippen LogP contribution < -0.4 is 9.47 Å². The number of hydrogen-bond acceptors (Lipinski definition) is 9. The SMILES string of the molecule is COc1c2c(c(O)c3c4c(c(Cl)cc13)C1OC3(COCc5ccccc5)OC1[C@@](OC)(O4)[C@@]3(O)CBr)C(=O)CCC2. The predicted octanol–water partition coefficient (Wildman–Crippen LogP) is 4.97. The van der Waals surface area contributed by atoms with Gasteiger partial charge in [0.1, 0.15) is 30.0 Å². The highest BCUT2D eigenvalue weighted by atomic mass is 79.9. The number of hydrogen-bond donors (Lipinski definition) is 2. The molecule has 41 heavy (non-hydrogen) atoms. The number of benzene rings is 3. The number of alkyl halides is 1. The van der Waals surface area contributed by atoms with Crippen molar-refractivity contribution in [3.05, 3.63) is 63.7 Å². The van der Waals surface area contributed by atoms with E-state index in [4.69, 9.17) is 40.0 Å². The van der Waals surface area contributed by atoms with Gasteiger partial charge >= 0.3 is 0 Å². The van der Waals surface area contributed by atoms with Gasteiger partial charge < -0.3 is 38.6 Å². The second kappa shape index (κ2) is 9.54. The first-order valence-electron chi connectivity index (χ1n) is 13.4. The van der Waals surface area contributed by atoms with E-state index >= 15 is 0 Å². The zero-order valence-electron chi connectivity index (χ0n) is 22.4. The number of halogens is 2. The minimum atomic E-state index is -1.90. The van der Waals surface area contributed by atoms with Crippen molar-refractivity contribution in [2.24, 2.45) is 0 Å². The van der Waals surface area contributed by atoms with E-state index in [0.717, 1.165) is 5.56 Å². The second-order valence-electron chi connectivity index (χ2n) is 10.8. The van der Waals surface area contributed by atoms with Gasteiger partial charge in [0.25, 0.3) is 5.79 Å². The van der Waals surface area contributed by atoms with Crippen LogP contribution in [0.2, 0.25) is 5.02 Å². The maximum Gasteiger partial charge on any atom is 0.275 e. The van der Waals surface area contributed by atoms with E-state index in [1.807, 2.05) is 30.3 Å². The number of aromatic hydroxyl groups is 1. The Kier molecular flexibility index (Phi) is 6.37. The number of ether oxygens (including phenoxy) is 6. The first-order valence-corrected chi connectivity index (χ1v) is 14.9. The van der Waals surface area contributed by atoms with E-state index in [1.165, 1.54) is 14.2 Å². The molecule has 2 bridgehead atoms. The van der Waals surface area contributed by atoms with E-state index < -0.39 is 29.4 Å². The molecule has 5 atom stereocenters. The third-order valence-corrected chi connectivity index (χ3v) is 9.93. The zero-order valence-corrected chi connectivity index (χ0v) is 24.7. The van der Waals surface area contributed by atoms with Crippen molar-refractivity contribution >= 4 is 44.1 Å². The lowest BCUT2D eigenvalue weighted by Gasteiger charge is -2.53. The molecule has 0 radical (unpaired) electrons. The van der Waals surface area contributed by atoms with Crippen LogP contribution in [0, 0.1) is 0 Å². The summed E-state index contributed by atoms with van der Waals surface area (Å²) in [7, 11) is 2.93. The summed E-state index contributed by atoms with van der Waals surface area (Å²) in [6, 6.07) is 11.3. The Morgan fingerprint density at radius 1 is 1.17 bits per heavy atom. The minimum absolute atomic E-state index is 0.0528. The fourth-order valence-electron chi connectivity index (χ4n) is 6.92. The van der Waals surface area contributed by atoms with Crippen molar-refractivity contribution in [2.75, 3.05) is 26.2 Å². The average Bonchev–Trinajstić information content (AvgIpc) is 3.46. The molecule has 7 rings (SSSR count). The molecule has 3 aromatic rings. The van der Waals surface area contributed by atoms with Gasteiger partial charge in [0.15, 0.2) is 17.5 Å². The van der Waals surface area contributed by atoms with Crippen molar-refractivity contribution in [2.45, 2.75) is 55.3 Å². The van der Waals surface area contributed by atoms with Gasteiger partial charge in [-0.15, -0.1) is 0 Å². The number of aliphatic hydroxyl groups is 1. The lowest BCUT2D eigenvalue weighted by atomic mass is 9.77. The van der Waals surface area contributed by atoms with Crippen molar-refractivity contribution in [3.63, 3.8) is 0 Å². The molecule has 4 aliphatic rings. The number of rotatable bonds is 7. The zero-order chi connectivity index (χ0) is 28.7. The molecule has 3 unspecified atom stereocenters. The molecule has 11 heteroatoms. The average molecular weight is 648 g/mol. The van der Waals surface area contributed by atoms with E-state index in [-0.39, 0.29) is 46.8 Å². The first-order chi connectivity index (χ1) is 19.8. The molecule has 2 saturated heterocycles. The van der Waals surface area contributed by atoms with Crippen molar-refractivity contribution in [1.82, 2.24) is 0 Å². The maximum atomic E-state index is 13.0. The Balaban J connectivity index is 1.40. The van der Waals surface area contributed by atoms with Crippen LogP contribution in [0.1, 0.15) is 46.0 Å². The highest BCUT2D eigenvalue weighted by Gasteiger charge is 2.85. The summed E-state index contributed by atoms with van der Waals surface area (Å²) in [5.41, 5.74) is 0.301. The number of carbonyl (C=O) groups excluding carboxylic acids is 1. The van der Waals surface area contributed by atoms with Gasteiger partial charge in [-0.3, -0.25) is 4.79 Å². The fraction of sp³-hybridized carbons (Fsp3) is 0.433. The normalized spacial score (nSPS) is 31.2. The van der Waals surface area contributed by atoms with E-state index in [1.54, 1.807) is 6.07 Å². The molecule has 3 aromatic carbocycles. The number of fused-ring (bicyclic) bond motifs is 6. The molecule has 2 N–H and O–H groups in total. The summed E-state index contributed by atoms with van der Waals surface area (Å²) in [6.45, 7) is 0.131. The third kappa shape index (κ3) is 3.44. The van der Waals surface area contributed by atoms with Crippen molar-refractivity contribution in [3.8, 4) is 17.2 Å². The predicted molar refractivity (Wildman–Crippen MR) is 151 cm³/mol. The molecule has 2 fully saturated rings. The number of methoxy groups -OCH3 is 2. The number of carbonyl (C=O) groups is 1. The second-order valence-corrected chi connectivity index (χ2v) is 11.8. The van der Waals surface area contributed by atoms with Crippen LogP contribution in [0.5, 0.6) is 17.2 Å². The Bertz CT molecular complexity index is 1580. The van der Waals surface area contributed by atoms with Gasteiger partial charge in [0.2, 0.25) is 5.79 Å². The van der Waals surface area contributed by atoms with Gasteiger partial charge in [-0.25, -0.2) is 0 Å². The Labute approximate surface area is 249 Å². The van der Waals surface area contributed by atoms with Gasteiger partial charge in [-0.05, 0) is 24.5 Å². The topological polar surface area (TPSA) is 113 Å². The Hall–Kier alpha value is -2.44. The fourth-order valence-corrected chi connectivity index (χ4v) is 8.04. The standard InChI is InChI=1S/C30H28BrClO9/c1-36-24-16-9-6-10-19(33)20(16)23(34)21-17(24)11-18(32)22-25(21)40-30(37-2)27-26(22)39-29(41-27,28(30,35)13-31)14-38-12-15-7-4-3-5-8-15/h3-5,7-8,11,26-27,34-35H,6,9-10,12-14H2,1-2H3/t26?,27?,28-,29?,30-/m1/s1. The first kappa shape index (κ1) is 27.4. The summed E-state index contributed by atoms with van der Waals surface area (Å²) in [4.78, 5) is 13.0. The third-order valence-electron chi connectivity index (χ3n) is 8.81. The molecular weight excluding hydrogens is 620 g/mol. The van der Waals surface area contributed by atoms with Crippen LogP contribution in [0.25, 0.3) is 10.8 Å². The summed E-state index contributed by atoms with van der Waals surface area (Å²) in [6.07, 6.45) is -0.239. The van der Waals surface area contributed by atoms with Crippen LogP contribution in [0.4, 0.5) is 0 Å². The lowest BCUT2D eigenvalue weighted by molar-refractivity contribution is -0.352. The van der Waals surface area contributed by atoms with Crippen LogP contribution in [-0.4, -0.2) is 65.4 Å². The number of ketones is 1. The van der Waals surface area contributed by atoms with Crippen LogP contribution in [0.3, 0.4) is 0 Å². The Morgan fingerprint density at radius 2 is 1.95 bits per heavy atom. The molecule has 3 heterocycles. The van der Waals surface area contributed by atoms with Crippen LogP contribution >= 0.6 is 27.5 Å². The summed E-state index contributed by atoms with van der Waals surface area (Å²) in [5, 5.41) is 24.8. The molecule has 3 aliphatic heterocycles. The summed E-state index contributed by atoms with van der Waals surface area (Å²) < 4.78 is 37.3. The summed E-state index contributed by atoms with van der Waals surface area (Å²) >= 11 is 10.3. The number of phenolic OH excluding ortho intramolecular Hbond substituents is 1. The maximum absolute atomic E-state index is 13.0. The van der Waals surface area contributed by atoms with Gasteiger partial charge in [0.05, 0.1) is 29.7 Å². The molecule has 0 saturated carbocycles. The van der Waals surface area contributed by atoms with Gasteiger partial charge in [-0.1, -0.05) is 57.9 Å². The van der Waals surface area contributed by atoms with E-state index in [0.29, 0.717) is 46.5 Å². The Morgan fingerprint density at radius 3 is 2.66 bits per heavy atom.